The van der Waals surface area contributed by atoms with Gasteiger partial charge in [0.25, 0.3) is 0 Å². The molecule has 0 amide bonds. The fourth-order valence-corrected chi connectivity index (χ4v) is 13.1. The van der Waals surface area contributed by atoms with E-state index in [-0.39, 0.29) is 25.7 Å². The third-order valence-corrected chi connectivity index (χ3v) is 19.5. The van der Waals surface area contributed by atoms with Gasteiger partial charge in [-0.15, -0.1) is 0 Å². The van der Waals surface area contributed by atoms with Gasteiger partial charge in [0.05, 0.1) is 26.4 Å². The quantitative estimate of drug-likeness (QED) is 0.0222. The lowest BCUT2D eigenvalue weighted by molar-refractivity contribution is -0.161. The fourth-order valence-electron chi connectivity index (χ4n) is 11.6. The van der Waals surface area contributed by atoms with Crippen LogP contribution in [0.4, 0.5) is 0 Å². The first-order valence-electron chi connectivity index (χ1n) is 39.2. The zero-order valence-corrected chi connectivity index (χ0v) is 64.1. The van der Waals surface area contributed by atoms with E-state index in [4.69, 9.17) is 37.0 Å². The Labute approximate surface area is 581 Å². The van der Waals surface area contributed by atoms with Crippen LogP contribution in [0, 0.1) is 23.7 Å². The Morgan fingerprint density at radius 1 is 0.263 bits per heavy atom. The molecule has 0 aromatic rings. The van der Waals surface area contributed by atoms with Crippen LogP contribution < -0.4 is 0 Å². The van der Waals surface area contributed by atoms with Crippen LogP contribution in [-0.4, -0.2) is 96.7 Å². The molecule has 0 heterocycles. The minimum absolute atomic E-state index is 0.105. The molecule has 0 aliphatic heterocycles. The van der Waals surface area contributed by atoms with Crippen LogP contribution in [0.1, 0.15) is 383 Å². The van der Waals surface area contributed by atoms with E-state index in [1.54, 1.807) is 0 Å². The Balaban J connectivity index is 5.22. The molecule has 0 rings (SSSR count). The second kappa shape index (κ2) is 65.4. The molecule has 19 heteroatoms. The standard InChI is InChI=1S/C76H148O17P2/c1-66(2)52-44-36-28-20-15-13-11-9-10-12-14-16-23-32-40-48-56-73(78)86-62-71(93-76(81)59-51-43-35-25-19-22-30-38-46-54-68(5)6)64-90-94(82,83)88-60-70(77)61-89-95(84,85)91-65-72(63-87-74(79)57-49-41-33-27-26-31-39-47-55-69(7)8)92-75(80)58-50-42-34-24-18-17-21-29-37-45-53-67(3)4/h66-72,77H,9-65H2,1-8H3,(H,82,83)(H,84,85)/t70?,71-,72-/m1/s1. The first-order chi connectivity index (χ1) is 45.6. The van der Waals surface area contributed by atoms with Crippen LogP contribution in [0.5, 0.6) is 0 Å². The highest BCUT2D eigenvalue weighted by atomic mass is 31.2. The highest BCUT2D eigenvalue weighted by molar-refractivity contribution is 7.47. The summed E-state index contributed by atoms with van der Waals surface area (Å²) in [5.41, 5.74) is 0. The lowest BCUT2D eigenvalue weighted by Crippen LogP contribution is -2.30. The largest absolute Gasteiger partial charge is 0.472 e. The minimum atomic E-state index is -4.96. The van der Waals surface area contributed by atoms with Crippen molar-refractivity contribution < 1.29 is 80.2 Å². The number of phosphoric ester groups is 2. The van der Waals surface area contributed by atoms with Crippen LogP contribution in [0.3, 0.4) is 0 Å². The lowest BCUT2D eigenvalue weighted by atomic mass is 10.0. The number of phosphoric acid groups is 2. The maximum atomic E-state index is 13.1. The van der Waals surface area contributed by atoms with Gasteiger partial charge in [0.2, 0.25) is 0 Å². The molecule has 0 spiro atoms. The normalized spacial score (nSPS) is 14.1. The summed E-state index contributed by atoms with van der Waals surface area (Å²) in [6.45, 7) is 14.2. The SMILES string of the molecule is CC(C)CCCCCCCCCCCCCCCCCCC(=O)OC[C@H](COP(=O)(O)OCC(O)COP(=O)(O)OC[C@@H](COC(=O)CCCCCCCCCCC(C)C)OC(=O)CCCCCCCCCCCCC(C)C)OC(=O)CCCCCCCCCCCC(C)C. The number of ether oxygens (including phenoxy) is 4. The number of rotatable bonds is 73. The monoisotopic (exact) mass is 1400 g/mol. The molecule has 564 valence electrons. The van der Waals surface area contributed by atoms with Gasteiger partial charge in [0, 0.05) is 25.7 Å². The number of aliphatic hydroxyl groups excluding tert-OH is 1. The molecule has 3 N–H and O–H groups in total. The minimum Gasteiger partial charge on any atom is -0.462 e. The van der Waals surface area contributed by atoms with Crippen molar-refractivity contribution in [2.45, 2.75) is 401 Å². The van der Waals surface area contributed by atoms with Crippen molar-refractivity contribution in [3.8, 4) is 0 Å². The Bertz CT molecular complexity index is 1870. The van der Waals surface area contributed by atoms with Crippen molar-refractivity contribution in [2.24, 2.45) is 23.7 Å². The summed E-state index contributed by atoms with van der Waals surface area (Å²) < 4.78 is 68.5. The van der Waals surface area contributed by atoms with Crippen molar-refractivity contribution in [2.75, 3.05) is 39.6 Å². The second-order valence-electron chi connectivity index (χ2n) is 29.3. The zero-order valence-electron chi connectivity index (χ0n) is 62.3. The molecule has 17 nitrogen and oxygen atoms in total. The van der Waals surface area contributed by atoms with Crippen molar-refractivity contribution in [3.05, 3.63) is 0 Å². The Morgan fingerprint density at radius 3 is 0.653 bits per heavy atom. The summed E-state index contributed by atoms with van der Waals surface area (Å²) in [5.74, 6) is 0.905. The highest BCUT2D eigenvalue weighted by Gasteiger charge is 2.30. The van der Waals surface area contributed by atoms with Crippen molar-refractivity contribution in [3.63, 3.8) is 0 Å². The number of esters is 4. The van der Waals surface area contributed by atoms with E-state index in [9.17, 15) is 43.2 Å². The summed E-state index contributed by atoms with van der Waals surface area (Å²) in [6.07, 6.45) is 50.1. The number of hydrogen-bond acceptors (Lipinski definition) is 15. The molecule has 0 bridgehead atoms. The molecule has 5 atom stereocenters. The average Bonchev–Trinajstić information content (AvgIpc) is 1.40. The molecule has 95 heavy (non-hydrogen) atoms. The average molecular weight is 1400 g/mol. The van der Waals surface area contributed by atoms with Gasteiger partial charge in [-0.25, -0.2) is 9.13 Å². The van der Waals surface area contributed by atoms with Crippen molar-refractivity contribution in [1.82, 2.24) is 0 Å². The van der Waals surface area contributed by atoms with Gasteiger partial charge in [0.1, 0.15) is 19.3 Å². The van der Waals surface area contributed by atoms with Crippen LogP contribution in [0.15, 0.2) is 0 Å². The zero-order chi connectivity index (χ0) is 70.3. The second-order valence-corrected chi connectivity index (χ2v) is 32.2. The van der Waals surface area contributed by atoms with E-state index in [0.717, 1.165) is 114 Å². The molecule has 0 aliphatic rings. The number of carbonyl (C=O) groups excluding carboxylic acids is 4. The van der Waals surface area contributed by atoms with E-state index in [1.807, 2.05) is 0 Å². The molecule has 3 unspecified atom stereocenters. The van der Waals surface area contributed by atoms with Gasteiger partial charge in [-0.3, -0.25) is 37.3 Å². The van der Waals surface area contributed by atoms with Gasteiger partial charge in [-0.2, -0.15) is 0 Å². The molecule has 0 saturated heterocycles. The maximum Gasteiger partial charge on any atom is 0.472 e. The van der Waals surface area contributed by atoms with Crippen LogP contribution >= 0.6 is 15.6 Å². The summed E-state index contributed by atoms with van der Waals surface area (Å²) >= 11 is 0. The molecule has 0 aromatic carbocycles. The smallest absolute Gasteiger partial charge is 0.462 e. The molecular formula is C76H148O17P2. The summed E-state index contributed by atoms with van der Waals surface area (Å²) in [5, 5.41) is 10.6. The predicted octanol–water partition coefficient (Wildman–Crippen LogP) is 22.0. The van der Waals surface area contributed by atoms with E-state index in [0.29, 0.717) is 25.7 Å². The highest BCUT2D eigenvalue weighted by Crippen LogP contribution is 2.45. The Hall–Kier alpha value is -1.94. The van der Waals surface area contributed by atoms with E-state index in [1.165, 1.54) is 186 Å². The summed E-state index contributed by atoms with van der Waals surface area (Å²) in [4.78, 5) is 72.8. The van der Waals surface area contributed by atoms with Gasteiger partial charge in [-0.05, 0) is 49.4 Å². The summed E-state index contributed by atoms with van der Waals surface area (Å²) in [7, 11) is -9.91. The van der Waals surface area contributed by atoms with Crippen LogP contribution in [-0.2, 0) is 65.4 Å². The maximum absolute atomic E-state index is 13.1. The number of carbonyl (C=O) groups is 4. The third-order valence-electron chi connectivity index (χ3n) is 17.6. The van der Waals surface area contributed by atoms with Crippen molar-refractivity contribution >= 4 is 39.5 Å². The third kappa shape index (κ3) is 70.3. The van der Waals surface area contributed by atoms with E-state index < -0.39 is 97.5 Å². The first kappa shape index (κ1) is 93.1. The van der Waals surface area contributed by atoms with Crippen LogP contribution in [0.25, 0.3) is 0 Å². The first-order valence-corrected chi connectivity index (χ1v) is 42.2. The molecule has 0 saturated carbocycles. The summed E-state index contributed by atoms with van der Waals surface area (Å²) in [6, 6.07) is 0. The molecule has 0 aliphatic carbocycles. The number of hydrogen-bond donors (Lipinski definition) is 3. The molecule has 0 aromatic heterocycles. The topological polar surface area (TPSA) is 237 Å². The van der Waals surface area contributed by atoms with Gasteiger partial charge in [-0.1, -0.05) is 331 Å². The lowest BCUT2D eigenvalue weighted by Gasteiger charge is -2.21. The molecule has 0 fully saturated rings. The fraction of sp³-hybridized carbons (Fsp3) is 0.947. The van der Waals surface area contributed by atoms with E-state index in [2.05, 4.69) is 55.4 Å². The molecule has 0 radical (unpaired) electrons. The number of unbranched alkanes of at least 4 members (excludes halogenated alkanes) is 39. The molecular weight excluding hydrogens is 1250 g/mol. The van der Waals surface area contributed by atoms with E-state index >= 15 is 0 Å². The predicted molar refractivity (Wildman–Crippen MR) is 386 cm³/mol. The van der Waals surface area contributed by atoms with Gasteiger partial charge < -0.3 is 33.8 Å². The van der Waals surface area contributed by atoms with Gasteiger partial charge >= 0.3 is 39.5 Å². The van der Waals surface area contributed by atoms with Crippen molar-refractivity contribution in [1.29, 1.82) is 0 Å². The number of aliphatic hydroxyl groups is 1. The van der Waals surface area contributed by atoms with Crippen LogP contribution in [0.2, 0.25) is 0 Å². The Kier molecular flexibility index (Phi) is 64.0. The Morgan fingerprint density at radius 2 is 0.442 bits per heavy atom. The van der Waals surface area contributed by atoms with Gasteiger partial charge in [0.15, 0.2) is 12.2 Å².